The molecule has 6 heteroatoms. The monoisotopic (exact) mass is 364 g/mol. The van der Waals surface area contributed by atoms with E-state index in [0.29, 0.717) is 0 Å². The molecule has 0 bridgehead atoms. The third kappa shape index (κ3) is 4.94. The van der Waals surface area contributed by atoms with Crippen molar-refractivity contribution in [3.63, 3.8) is 0 Å². The number of esters is 1. The van der Waals surface area contributed by atoms with Crippen LogP contribution in [0.3, 0.4) is 0 Å². The van der Waals surface area contributed by atoms with Gasteiger partial charge in [0, 0.05) is 5.92 Å². The van der Waals surface area contributed by atoms with E-state index in [0.717, 1.165) is 17.7 Å². The van der Waals surface area contributed by atoms with Crippen molar-refractivity contribution in [2.24, 2.45) is 5.92 Å². The minimum atomic E-state index is -4.49. The van der Waals surface area contributed by atoms with E-state index in [1.807, 2.05) is 6.07 Å². The van der Waals surface area contributed by atoms with E-state index in [9.17, 15) is 22.8 Å². The first-order chi connectivity index (χ1) is 12.2. The standard InChI is InChI=1S/C20H19F3O3/c1-13(16-9-6-10-17(11-16)20(21,22)23)18(14(2)24)19(25)26-12-15-7-4-3-5-8-15/h3-11,13,18H,12H2,1-2H3. The van der Waals surface area contributed by atoms with Crippen LogP contribution < -0.4 is 0 Å². The van der Waals surface area contributed by atoms with Crippen molar-refractivity contribution >= 4 is 11.8 Å². The van der Waals surface area contributed by atoms with Crippen LogP contribution in [0.2, 0.25) is 0 Å². The molecule has 2 unspecified atom stereocenters. The van der Waals surface area contributed by atoms with Crippen molar-refractivity contribution in [3.8, 4) is 0 Å². The summed E-state index contributed by atoms with van der Waals surface area (Å²) in [7, 11) is 0. The summed E-state index contributed by atoms with van der Waals surface area (Å²) in [5, 5.41) is 0. The van der Waals surface area contributed by atoms with Crippen molar-refractivity contribution in [1.82, 2.24) is 0 Å². The Hall–Kier alpha value is -2.63. The van der Waals surface area contributed by atoms with Gasteiger partial charge in [-0.2, -0.15) is 13.2 Å². The van der Waals surface area contributed by atoms with E-state index in [1.54, 1.807) is 31.2 Å². The van der Waals surface area contributed by atoms with Gasteiger partial charge in [0.1, 0.15) is 18.3 Å². The lowest BCUT2D eigenvalue weighted by atomic mass is 9.84. The number of ketones is 1. The molecule has 0 radical (unpaired) electrons. The van der Waals surface area contributed by atoms with Crippen molar-refractivity contribution in [2.75, 3.05) is 0 Å². The molecule has 26 heavy (non-hydrogen) atoms. The summed E-state index contributed by atoms with van der Waals surface area (Å²) >= 11 is 0. The molecule has 2 aromatic carbocycles. The Morgan fingerprint density at radius 2 is 1.69 bits per heavy atom. The second-order valence-corrected chi connectivity index (χ2v) is 6.09. The Bertz CT molecular complexity index is 769. The third-order valence-corrected chi connectivity index (χ3v) is 4.16. The van der Waals surface area contributed by atoms with Gasteiger partial charge in [0.15, 0.2) is 0 Å². The van der Waals surface area contributed by atoms with Gasteiger partial charge in [-0.1, -0.05) is 55.5 Å². The summed E-state index contributed by atoms with van der Waals surface area (Å²) in [5.74, 6) is -3.10. The Labute approximate surface area is 149 Å². The first kappa shape index (κ1) is 19.7. The number of ether oxygens (including phenoxy) is 1. The smallest absolute Gasteiger partial charge is 0.416 e. The molecule has 138 valence electrons. The van der Waals surface area contributed by atoms with Crippen LogP contribution in [0.25, 0.3) is 0 Å². The molecule has 0 aromatic heterocycles. The predicted molar refractivity (Wildman–Crippen MR) is 90.3 cm³/mol. The molecule has 2 aromatic rings. The first-order valence-corrected chi connectivity index (χ1v) is 8.08. The minimum Gasteiger partial charge on any atom is -0.460 e. The Kier molecular flexibility index (Phi) is 6.18. The van der Waals surface area contributed by atoms with Crippen molar-refractivity contribution < 1.29 is 27.5 Å². The molecule has 0 aliphatic rings. The number of halogens is 3. The van der Waals surface area contributed by atoms with Gasteiger partial charge in [0.05, 0.1) is 5.56 Å². The lowest BCUT2D eigenvalue weighted by Gasteiger charge is -2.21. The summed E-state index contributed by atoms with van der Waals surface area (Å²) < 4.78 is 43.9. The quantitative estimate of drug-likeness (QED) is 0.548. The number of carbonyl (C=O) groups excluding carboxylic acids is 2. The summed E-state index contributed by atoms with van der Waals surface area (Å²) in [6.07, 6.45) is -4.49. The number of rotatable bonds is 6. The van der Waals surface area contributed by atoms with E-state index >= 15 is 0 Å². The number of hydrogen-bond acceptors (Lipinski definition) is 3. The van der Waals surface area contributed by atoms with Crippen LogP contribution in [0.4, 0.5) is 13.2 Å². The van der Waals surface area contributed by atoms with Crippen LogP contribution in [0.1, 0.15) is 36.5 Å². The molecule has 0 aliphatic carbocycles. The molecule has 0 amide bonds. The van der Waals surface area contributed by atoms with Gasteiger partial charge in [-0.05, 0) is 24.1 Å². The number of hydrogen-bond donors (Lipinski definition) is 0. The number of benzene rings is 2. The van der Waals surface area contributed by atoms with Gasteiger partial charge in [-0.25, -0.2) is 0 Å². The number of carbonyl (C=O) groups is 2. The van der Waals surface area contributed by atoms with Gasteiger partial charge in [0.25, 0.3) is 0 Å². The SMILES string of the molecule is CC(=O)C(C(=O)OCc1ccccc1)C(C)c1cccc(C(F)(F)F)c1. The minimum absolute atomic E-state index is 0.00123. The molecule has 3 nitrogen and oxygen atoms in total. The highest BCUT2D eigenvalue weighted by atomic mass is 19.4. The zero-order chi connectivity index (χ0) is 19.3. The average Bonchev–Trinajstić information content (AvgIpc) is 2.60. The molecule has 0 saturated carbocycles. The van der Waals surface area contributed by atoms with Gasteiger partial charge in [-0.3, -0.25) is 9.59 Å². The molecule has 0 spiro atoms. The summed E-state index contributed by atoms with van der Waals surface area (Å²) in [5.41, 5.74) is 0.202. The van der Waals surface area contributed by atoms with Crippen molar-refractivity contribution in [3.05, 3.63) is 71.3 Å². The highest BCUT2D eigenvalue weighted by Gasteiger charge is 2.34. The summed E-state index contributed by atoms with van der Waals surface area (Å²) in [6, 6.07) is 13.6. The van der Waals surface area contributed by atoms with E-state index in [2.05, 4.69) is 0 Å². The number of Topliss-reactive ketones (excluding diaryl/α,β-unsaturated/α-hetero) is 1. The zero-order valence-electron chi connectivity index (χ0n) is 14.4. The zero-order valence-corrected chi connectivity index (χ0v) is 14.4. The molecule has 0 heterocycles. The third-order valence-electron chi connectivity index (χ3n) is 4.16. The van der Waals surface area contributed by atoms with Gasteiger partial charge >= 0.3 is 12.1 Å². The van der Waals surface area contributed by atoms with E-state index < -0.39 is 35.3 Å². The van der Waals surface area contributed by atoms with Crippen LogP contribution in [0.5, 0.6) is 0 Å². The largest absolute Gasteiger partial charge is 0.460 e. The molecular weight excluding hydrogens is 345 g/mol. The molecule has 2 rings (SSSR count). The fourth-order valence-electron chi connectivity index (χ4n) is 2.73. The fraction of sp³-hybridized carbons (Fsp3) is 0.300. The lowest BCUT2D eigenvalue weighted by Crippen LogP contribution is -2.29. The molecule has 0 fully saturated rings. The van der Waals surface area contributed by atoms with E-state index in [-0.39, 0.29) is 12.2 Å². The maximum Gasteiger partial charge on any atom is 0.416 e. The average molecular weight is 364 g/mol. The van der Waals surface area contributed by atoms with Crippen molar-refractivity contribution in [1.29, 1.82) is 0 Å². The predicted octanol–water partition coefficient (Wildman–Crippen LogP) is 4.76. The maximum absolute atomic E-state index is 12.9. The Morgan fingerprint density at radius 3 is 2.27 bits per heavy atom. The second kappa shape index (κ2) is 8.17. The first-order valence-electron chi connectivity index (χ1n) is 8.08. The highest BCUT2D eigenvalue weighted by Crippen LogP contribution is 2.33. The van der Waals surface area contributed by atoms with Crippen LogP contribution in [-0.2, 0) is 27.1 Å². The molecule has 0 saturated heterocycles. The van der Waals surface area contributed by atoms with Crippen molar-refractivity contribution in [2.45, 2.75) is 32.5 Å². The molecule has 0 N–H and O–H groups in total. The Morgan fingerprint density at radius 1 is 1.04 bits per heavy atom. The summed E-state index contributed by atoms with van der Waals surface area (Å²) in [6.45, 7) is 2.78. The van der Waals surface area contributed by atoms with Gasteiger partial charge < -0.3 is 4.74 Å². The normalized spacial score (nSPS) is 13.7. The van der Waals surface area contributed by atoms with E-state index in [4.69, 9.17) is 4.74 Å². The number of alkyl halides is 3. The highest BCUT2D eigenvalue weighted by molar-refractivity contribution is 5.98. The fourth-order valence-corrected chi connectivity index (χ4v) is 2.73. The van der Waals surface area contributed by atoms with Crippen LogP contribution >= 0.6 is 0 Å². The van der Waals surface area contributed by atoms with Crippen LogP contribution in [-0.4, -0.2) is 11.8 Å². The van der Waals surface area contributed by atoms with E-state index in [1.165, 1.54) is 19.1 Å². The second-order valence-electron chi connectivity index (χ2n) is 6.09. The van der Waals surface area contributed by atoms with Crippen LogP contribution in [0, 0.1) is 5.92 Å². The molecular formula is C20H19F3O3. The van der Waals surface area contributed by atoms with Gasteiger partial charge in [0.2, 0.25) is 0 Å². The van der Waals surface area contributed by atoms with Gasteiger partial charge in [-0.15, -0.1) is 0 Å². The molecule has 2 atom stereocenters. The molecule has 0 aliphatic heterocycles. The topological polar surface area (TPSA) is 43.4 Å². The summed E-state index contributed by atoms with van der Waals surface area (Å²) in [4.78, 5) is 24.4. The lowest BCUT2D eigenvalue weighted by molar-refractivity contribution is -0.153. The Balaban J connectivity index is 2.18. The van der Waals surface area contributed by atoms with Crippen LogP contribution in [0.15, 0.2) is 54.6 Å². The maximum atomic E-state index is 12.9.